The molecule has 6 fully saturated rings. The van der Waals surface area contributed by atoms with Gasteiger partial charge in [-0.15, -0.1) is 0 Å². The van der Waals surface area contributed by atoms with Gasteiger partial charge in [0.2, 0.25) is 0 Å². The second-order valence-electron chi connectivity index (χ2n) is 20.3. The lowest BCUT2D eigenvalue weighted by molar-refractivity contribution is -0.382. The van der Waals surface area contributed by atoms with Gasteiger partial charge in [-0.2, -0.15) is 0 Å². The van der Waals surface area contributed by atoms with Crippen molar-refractivity contribution in [1.82, 2.24) is 0 Å². The van der Waals surface area contributed by atoms with Crippen molar-refractivity contribution in [2.75, 3.05) is 6.61 Å². The Morgan fingerprint density at radius 1 is 0.818 bits per heavy atom. The van der Waals surface area contributed by atoms with E-state index < -0.39 is 114 Å². The predicted molar refractivity (Wildman–Crippen MR) is 201 cm³/mol. The maximum Gasteiger partial charge on any atom is 0.187 e. The largest absolute Gasteiger partial charge is 0.394 e. The number of aliphatic hydroxyl groups is 9. The minimum absolute atomic E-state index is 0.0411. The maximum atomic E-state index is 12.3. The Labute approximate surface area is 327 Å². The lowest BCUT2D eigenvalue weighted by Crippen LogP contribution is -2.71. The number of fused-ring (bicyclic) bond motifs is 5. The monoisotopic (exact) mass is 784 g/mol. The highest BCUT2D eigenvalue weighted by molar-refractivity contribution is 5.22. The van der Waals surface area contributed by atoms with E-state index in [0.29, 0.717) is 32.1 Å². The molecule has 2 heterocycles. The first kappa shape index (κ1) is 43.8. The van der Waals surface area contributed by atoms with Crippen LogP contribution in [0.5, 0.6) is 0 Å². The lowest BCUT2D eigenvalue weighted by Gasteiger charge is -2.72. The Morgan fingerprint density at radius 3 is 2.13 bits per heavy atom. The van der Waals surface area contributed by atoms with Crippen LogP contribution in [0, 0.1) is 45.3 Å². The summed E-state index contributed by atoms with van der Waals surface area (Å²) in [5.41, 5.74) is -1.71. The minimum atomic E-state index is -1.70. The highest BCUT2D eigenvalue weighted by Gasteiger charge is 2.73. The Hall–Kier alpha value is -0.780. The van der Waals surface area contributed by atoms with Crippen LogP contribution in [0.3, 0.4) is 0 Å². The summed E-state index contributed by atoms with van der Waals surface area (Å²) >= 11 is 0. The van der Waals surface area contributed by atoms with Crippen molar-refractivity contribution in [3.05, 3.63) is 11.6 Å². The molecule has 9 N–H and O–H groups in total. The summed E-state index contributed by atoms with van der Waals surface area (Å²) < 4.78 is 25.1. The summed E-state index contributed by atoms with van der Waals surface area (Å²) in [6.45, 7) is 17.8. The standard InChI is InChI=1S/C42H72O13/c1-20(2)11-10-14-42(9,51)22-12-16-40(7)28(22)23(44)17-26-39(6)15-13-27(45)38(4,5)35(39)24(18-41(26,40)8)53-37-34(32(49)30(47)25(19-43)54-37)55-36-33(50)31(48)29(46)21(3)52-36/h11,21-37,43-51H,10,12-19H2,1-9H3/t21-,22-,23+,24+,25+,26+,27+,28-,29-,30+,31+,32-,33+,34+,35+,36-,37+,39+,40+,41+,42+/m0/s1. The van der Waals surface area contributed by atoms with E-state index in [0.717, 1.165) is 19.3 Å². The fourth-order valence-electron chi connectivity index (χ4n) is 13.3. The molecule has 2 saturated heterocycles. The van der Waals surface area contributed by atoms with Gasteiger partial charge in [-0.3, -0.25) is 0 Å². The number of aliphatic hydroxyl groups excluding tert-OH is 8. The number of ether oxygens (including phenoxy) is 4. The number of allylic oxidation sites excluding steroid dienone is 2. The Morgan fingerprint density at radius 2 is 1.49 bits per heavy atom. The Bertz CT molecular complexity index is 1390. The normalized spacial score (nSPS) is 53.4. The van der Waals surface area contributed by atoms with Crippen LogP contribution in [-0.4, -0.2) is 138 Å². The van der Waals surface area contributed by atoms with Crippen molar-refractivity contribution in [3.8, 4) is 0 Å². The summed E-state index contributed by atoms with van der Waals surface area (Å²) in [6.07, 6.45) is -8.99. The zero-order chi connectivity index (χ0) is 40.8. The van der Waals surface area contributed by atoms with Crippen molar-refractivity contribution in [3.63, 3.8) is 0 Å². The molecule has 0 unspecified atom stereocenters. The van der Waals surface area contributed by atoms with Gasteiger partial charge >= 0.3 is 0 Å². The van der Waals surface area contributed by atoms with Crippen LogP contribution in [0.2, 0.25) is 0 Å². The molecule has 0 aromatic carbocycles. The van der Waals surface area contributed by atoms with E-state index in [4.69, 9.17) is 18.9 Å². The fourth-order valence-corrected chi connectivity index (χ4v) is 13.3. The van der Waals surface area contributed by atoms with Crippen molar-refractivity contribution in [2.45, 2.75) is 199 Å². The van der Waals surface area contributed by atoms with E-state index in [1.807, 2.05) is 20.8 Å². The van der Waals surface area contributed by atoms with Crippen LogP contribution in [0.15, 0.2) is 11.6 Å². The summed E-state index contributed by atoms with van der Waals surface area (Å²) in [4.78, 5) is 0. The molecular formula is C42H72O13. The number of hydrogen-bond acceptors (Lipinski definition) is 13. The van der Waals surface area contributed by atoms with Gasteiger partial charge in [0.25, 0.3) is 0 Å². The molecular weight excluding hydrogens is 712 g/mol. The second kappa shape index (κ2) is 15.4. The molecule has 0 radical (unpaired) electrons. The van der Waals surface area contributed by atoms with E-state index >= 15 is 0 Å². The molecule has 13 heteroatoms. The van der Waals surface area contributed by atoms with Gasteiger partial charge in [0.1, 0.15) is 42.7 Å². The Kier molecular flexibility index (Phi) is 12.2. The summed E-state index contributed by atoms with van der Waals surface area (Å²) in [5.74, 6) is -0.526. The number of rotatable bonds is 9. The molecule has 0 aromatic heterocycles. The molecule has 4 aliphatic carbocycles. The summed E-state index contributed by atoms with van der Waals surface area (Å²) in [6, 6.07) is 0. The second-order valence-corrected chi connectivity index (χ2v) is 20.3. The Balaban J connectivity index is 1.38. The molecule has 0 aromatic rings. The van der Waals surface area contributed by atoms with Gasteiger partial charge in [0.15, 0.2) is 12.6 Å². The molecule has 6 aliphatic rings. The highest BCUT2D eigenvalue weighted by atomic mass is 16.8. The van der Waals surface area contributed by atoms with Gasteiger partial charge in [0, 0.05) is 0 Å². The first-order chi connectivity index (χ1) is 25.5. The molecule has 318 valence electrons. The summed E-state index contributed by atoms with van der Waals surface area (Å²) in [5, 5.41) is 100. The van der Waals surface area contributed by atoms with Gasteiger partial charge in [-0.25, -0.2) is 0 Å². The molecule has 0 bridgehead atoms. The molecule has 4 saturated carbocycles. The third kappa shape index (κ3) is 7.10. The highest BCUT2D eigenvalue weighted by Crippen LogP contribution is 2.76. The van der Waals surface area contributed by atoms with E-state index in [9.17, 15) is 46.0 Å². The van der Waals surface area contributed by atoms with Gasteiger partial charge in [-0.1, -0.05) is 46.3 Å². The molecule has 6 rings (SSSR count). The molecule has 2 aliphatic heterocycles. The van der Waals surface area contributed by atoms with Crippen LogP contribution >= 0.6 is 0 Å². The molecule has 21 atom stereocenters. The van der Waals surface area contributed by atoms with E-state index in [1.54, 1.807) is 0 Å². The average Bonchev–Trinajstić information content (AvgIpc) is 3.49. The topological polar surface area (TPSA) is 219 Å². The van der Waals surface area contributed by atoms with Crippen LogP contribution in [0.1, 0.15) is 114 Å². The molecule has 55 heavy (non-hydrogen) atoms. The smallest absolute Gasteiger partial charge is 0.187 e. The van der Waals surface area contributed by atoms with Crippen molar-refractivity contribution < 1.29 is 64.9 Å². The molecule has 13 nitrogen and oxygen atoms in total. The average molecular weight is 785 g/mol. The molecule has 0 spiro atoms. The van der Waals surface area contributed by atoms with Crippen LogP contribution in [-0.2, 0) is 18.9 Å². The van der Waals surface area contributed by atoms with Crippen molar-refractivity contribution >= 4 is 0 Å². The van der Waals surface area contributed by atoms with Gasteiger partial charge in [-0.05, 0) is 124 Å². The fraction of sp³-hybridized carbons (Fsp3) is 0.952. The van der Waals surface area contributed by atoms with Gasteiger partial charge < -0.3 is 64.9 Å². The number of hydrogen-bond donors (Lipinski definition) is 9. The van der Waals surface area contributed by atoms with E-state index in [1.165, 1.54) is 12.5 Å². The maximum absolute atomic E-state index is 12.3. The van der Waals surface area contributed by atoms with Crippen molar-refractivity contribution in [1.29, 1.82) is 0 Å². The first-order valence-corrected chi connectivity index (χ1v) is 20.8. The predicted octanol–water partition coefficient (Wildman–Crippen LogP) is 2.15. The SMILES string of the molecule is CC(C)=CCC[C@@](C)(O)[C@H]1CC[C@]2(C)[C@@H]1[C@H](O)C[C@@H]1[C@@]3(C)CC[C@@H](O)C(C)(C)[C@H]3[C@H](O[C@@H]3O[C@H](CO)[C@@H](O)[C@H](O)[C@H]3O[C@@H]3O[C@@H](C)[C@H](O)[C@@H](O)[C@H]3O)C[C@]12C. The summed E-state index contributed by atoms with van der Waals surface area (Å²) in [7, 11) is 0. The minimum Gasteiger partial charge on any atom is -0.394 e. The third-order valence-electron chi connectivity index (χ3n) is 16.5. The van der Waals surface area contributed by atoms with Crippen LogP contribution < -0.4 is 0 Å². The van der Waals surface area contributed by atoms with Crippen LogP contribution in [0.25, 0.3) is 0 Å². The van der Waals surface area contributed by atoms with E-state index in [-0.39, 0.29) is 23.7 Å². The first-order valence-electron chi connectivity index (χ1n) is 20.8. The zero-order valence-corrected chi connectivity index (χ0v) is 34.4. The zero-order valence-electron chi connectivity index (χ0n) is 34.4. The quantitative estimate of drug-likeness (QED) is 0.121. The van der Waals surface area contributed by atoms with E-state index in [2.05, 4.69) is 40.7 Å². The van der Waals surface area contributed by atoms with Crippen LogP contribution in [0.4, 0.5) is 0 Å². The molecule has 0 amide bonds. The lowest BCUT2D eigenvalue weighted by atomic mass is 9.34. The third-order valence-corrected chi connectivity index (χ3v) is 16.5. The van der Waals surface area contributed by atoms with Gasteiger partial charge in [0.05, 0.1) is 36.6 Å². The van der Waals surface area contributed by atoms with Crippen molar-refractivity contribution in [2.24, 2.45) is 45.3 Å².